The number of thiophene rings is 1. The number of benzene rings is 3. The molecule has 0 bridgehead atoms. The lowest BCUT2D eigenvalue weighted by atomic mass is 9.90. The van der Waals surface area contributed by atoms with Crippen molar-refractivity contribution in [3.63, 3.8) is 0 Å². The van der Waals surface area contributed by atoms with E-state index in [-0.39, 0.29) is 12.7 Å². The van der Waals surface area contributed by atoms with Crippen molar-refractivity contribution in [3.05, 3.63) is 112 Å². The fourth-order valence-electron chi connectivity index (χ4n) is 4.16. The van der Waals surface area contributed by atoms with E-state index in [9.17, 15) is 10.1 Å². The summed E-state index contributed by atoms with van der Waals surface area (Å²) in [6, 6.07) is 27.5. The zero-order valence-corrected chi connectivity index (χ0v) is 19.4. The monoisotopic (exact) mass is 466 g/mol. The van der Waals surface area contributed by atoms with Crippen molar-refractivity contribution in [2.45, 2.75) is 19.3 Å². The molecular weight excluding hydrogens is 444 g/mol. The molecule has 5 rings (SSSR count). The minimum Gasteiger partial charge on any atom is -0.454 e. The van der Waals surface area contributed by atoms with Crippen LogP contribution in [-0.2, 0) is 11.2 Å². The van der Waals surface area contributed by atoms with Crippen LogP contribution in [0.2, 0.25) is 0 Å². The van der Waals surface area contributed by atoms with Gasteiger partial charge in [0.15, 0.2) is 11.5 Å². The van der Waals surface area contributed by atoms with Gasteiger partial charge in [-0.1, -0.05) is 66.7 Å². The molecule has 0 radical (unpaired) electrons. The molecule has 1 aliphatic heterocycles. The molecule has 0 fully saturated rings. The summed E-state index contributed by atoms with van der Waals surface area (Å²) in [6.45, 7) is 2.16. The van der Waals surface area contributed by atoms with E-state index < -0.39 is 5.92 Å². The molecule has 0 saturated carbocycles. The Morgan fingerprint density at radius 2 is 1.65 bits per heavy atom. The predicted octanol–water partition coefficient (Wildman–Crippen LogP) is 6.02. The van der Waals surface area contributed by atoms with Crippen LogP contribution < -0.4 is 14.8 Å². The summed E-state index contributed by atoms with van der Waals surface area (Å²) in [6.07, 6.45) is 0.637. The number of nitriles is 1. The number of carbonyl (C=O) groups is 1. The number of nitrogens with zero attached hydrogens (tertiary/aromatic N) is 1. The first-order valence-electron chi connectivity index (χ1n) is 11.0. The van der Waals surface area contributed by atoms with Crippen LogP contribution in [0.3, 0.4) is 0 Å². The number of amides is 1. The summed E-state index contributed by atoms with van der Waals surface area (Å²) in [5, 5.41) is 13.5. The van der Waals surface area contributed by atoms with Crippen molar-refractivity contribution < 1.29 is 14.3 Å². The van der Waals surface area contributed by atoms with Gasteiger partial charge in [0.25, 0.3) is 0 Å². The smallest absolute Gasteiger partial charge is 0.237 e. The number of ether oxygens (including phenoxy) is 2. The lowest BCUT2D eigenvalue weighted by Gasteiger charge is -2.17. The van der Waals surface area contributed by atoms with Crippen LogP contribution in [0, 0.1) is 18.3 Å². The Morgan fingerprint density at radius 1 is 1.00 bits per heavy atom. The maximum Gasteiger partial charge on any atom is 0.237 e. The molecule has 2 heterocycles. The van der Waals surface area contributed by atoms with Gasteiger partial charge in [-0.2, -0.15) is 5.26 Å². The maximum atomic E-state index is 13.5. The first-order valence-corrected chi connectivity index (χ1v) is 11.8. The molecule has 1 N–H and O–H groups in total. The first-order chi connectivity index (χ1) is 16.6. The highest BCUT2D eigenvalue weighted by Gasteiger charge is 2.25. The zero-order chi connectivity index (χ0) is 23.5. The third kappa shape index (κ3) is 4.26. The fourth-order valence-corrected chi connectivity index (χ4v) is 5.35. The Morgan fingerprint density at radius 3 is 2.29 bits per heavy atom. The molecule has 168 valence electrons. The Labute approximate surface area is 202 Å². The average molecular weight is 467 g/mol. The second kappa shape index (κ2) is 9.42. The summed E-state index contributed by atoms with van der Waals surface area (Å²) in [5.74, 6) is 0.831. The van der Waals surface area contributed by atoms with Crippen LogP contribution in [0.4, 0.5) is 5.00 Å². The molecule has 5 nitrogen and oxygen atoms in total. The maximum absolute atomic E-state index is 13.5. The summed E-state index contributed by atoms with van der Waals surface area (Å²) in [4.78, 5) is 14.6. The summed E-state index contributed by atoms with van der Waals surface area (Å²) < 4.78 is 10.9. The lowest BCUT2D eigenvalue weighted by Crippen LogP contribution is -2.22. The van der Waals surface area contributed by atoms with Crippen LogP contribution in [0.15, 0.2) is 78.9 Å². The SMILES string of the molecule is Cc1c(Cc2ccc3c(c2)OCO3)sc(NC(=O)C(c2ccccc2)c2ccccc2)c1C#N. The van der Waals surface area contributed by atoms with E-state index in [4.69, 9.17) is 9.47 Å². The predicted molar refractivity (Wildman–Crippen MR) is 132 cm³/mol. The summed E-state index contributed by atoms with van der Waals surface area (Å²) in [5.41, 5.74) is 4.25. The van der Waals surface area contributed by atoms with Crippen LogP contribution in [0.5, 0.6) is 11.5 Å². The van der Waals surface area contributed by atoms with Crippen molar-refractivity contribution in [2.24, 2.45) is 0 Å². The van der Waals surface area contributed by atoms with Gasteiger partial charge in [0.05, 0.1) is 11.5 Å². The van der Waals surface area contributed by atoms with Crippen molar-refractivity contribution in [3.8, 4) is 17.6 Å². The fraction of sp³-hybridized carbons (Fsp3) is 0.143. The molecule has 1 aliphatic rings. The topological polar surface area (TPSA) is 71.3 Å². The highest BCUT2D eigenvalue weighted by molar-refractivity contribution is 7.16. The average Bonchev–Trinajstić information content (AvgIpc) is 3.44. The highest BCUT2D eigenvalue weighted by Crippen LogP contribution is 2.38. The number of anilines is 1. The normalized spacial score (nSPS) is 11.9. The van der Waals surface area contributed by atoms with Crippen molar-refractivity contribution in [1.82, 2.24) is 0 Å². The minimum absolute atomic E-state index is 0.162. The Kier molecular flexibility index (Phi) is 6.03. The van der Waals surface area contributed by atoms with Gasteiger partial charge in [-0.3, -0.25) is 4.79 Å². The van der Waals surface area contributed by atoms with Crippen molar-refractivity contribution in [1.29, 1.82) is 5.26 Å². The quantitative estimate of drug-likeness (QED) is 0.377. The molecule has 0 unspecified atom stereocenters. The van der Waals surface area contributed by atoms with Gasteiger partial charge >= 0.3 is 0 Å². The lowest BCUT2D eigenvalue weighted by molar-refractivity contribution is -0.116. The molecule has 0 saturated heterocycles. The molecule has 0 spiro atoms. The first kappa shape index (κ1) is 21.7. The molecule has 6 heteroatoms. The molecule has 4 aromatic rings. The van der Waals surface area contributed by atoms with Gasteiger partial charge in [0.2, 0.25) is 12.7 Å². The molecule has 0 aliphatic carbocycles. The van der Waals surface area contributed by atoms with Crippen LogP contribution in [0.1, 0.15) is 38.6 Å². The van der Waals surface area contributed by atoms with Gasteiger partial charge in [0.1, 0.15) is 11.1 Å². The second-order valence-corrected chi connectivity index (χ2v) is 9.18. The van der Waals surface area contributed by atoms with Gasteiger partial charge in [-0.25, -0.2) is 0 Å². The Hall–Kier alpha value is -4.08. The van der Waals surface area contributed by atoms with E-state index in [2.05, 4.69) is 11.4 Å². The van der Waals surface area contributed by atoms with Crippen LogP contribution >= 0.6 is 11.3 Å². The van der Waals surface area contributed by atoms with E-state index in [1.807, 2.05) is 85.8 Å². The molecular formula is C28H22N2O3S. The molecule has 3 aromatic carbocycles. The third-order valence-electron chi connectivity index (χ3n) is 5.92. The molecule has 34 heavy (non-hydrogen) atoms. The van der Waals surface area contributed by atoms with E-state index in [0.717, 1.165) is 38.6 Å². The van der Waals surface area contributed by atoms with Gasteiger partial charge < -0.3 is 14.8 Å². The second-order valence-electron chi connectivity index (χ2n) is 8.07. The van der Waals surface area contributed by atoms with E-state index in [1.165, 1.54) is 11.3 Å². The van der Waals surface area contributed by atoms with Crippen molar-refractivity contribution >= 4 is 22.2 Å². The molecule has 1 aromatic heterocycles. The molecule has 1 amide bonds. The number of nitrogens with one attached hydrogen (secondary N) is 1. The summed E-state index contributed by atoms with van der Waals surface area (Å²) in [7, 11) is 0. The number of rotatable bonds is 6. The van der Waals surface area contributed by atoms with E-state index >= 15 is 0 Å². The van der Waals surface area contributed by atoms with Gasteiger partial charge in [0, 0.05) is 11.3 Å². The van der Waals surface area contributed by atoms with E-state index in [0.29, 0.717) is 17.0 Å². The minimum atomic E-state index is -0.478. The van der Waals surface area contributed by atoms with Crippen LogP contribution in [0.25, 0.3) is 0 Å². The van der Waals surface area contributed by atoms with E-state index in [1.54, 1.807) is 0 Å². The third-order valence-corrected chi connectivity index (χ3v) is 7.13. The number of hydrogen-bond acceptors (Lipinski definition) is 5. The largest absolute Gasteiger partial charge is 0.454 e. The standard InChI is InChI=1S/C28H22N2O3S/c1-18-22(16-29)28(34-25(18)15-19-12-13-23-24(14-19)33-17-32-23)30-27(31)26(20-8-4-2-5-9-20)21-10-6-3-7-11-21/h2-14,26H,15,17H2,1H3,(H,30,31). The van der Waals surface area contributed by atoms with Gasteiger partial charge in [-0.15, -0.1) is 11.3 Å². The number of fused-ring (bicyclic) bond motifs is 1. The highest BCUT2D eigenvalue weighted by atomic mass is 32.1. The molecule has 0 atom stereocenters. The van der Waals surface area contributed by atoms with Gasteiger partial charge in [-0.05, 0) is 41.3 Å². The number of carbonyl (C=O) groups excluding carboxylic acids is 1. The Bertz CT molecular complexity index is 1330. The Balaban J connectivity index is 1.44. The summed E-state index contributed by atoms with van der Waals surface area (Å²) >= 11 is 1.45. The van der Waals surface area contributed by atoms with Crippen LogP contribution in [-0.4, -0.2) is 12.7 Å². The van der Waals surface area contributed by atoms with Crippen molar-refractivity contribution in [2.75, 3.05) is 12.1 Å². The zero-order valence-electron chi connectivity index (χ0n) is 18.6. The number of hydrogen-bond donors (Lipinski definition) is 1.